The zero-order valence-corrected chi connectivity index (χ0v) is 11.3. The molecule has 1 saturated heterocycles. The Morgan fingerprint density at radius 1 is 1.24 bits per heavy atom. The Hall–Kier alpha value is -0.120. The second kappa shape index (κ2) is 5.68. The SMILES string of the molecule is CC1CC(C)CC(OC2(CN)CCCOC2)C1. The van der Waals surface area contributed by atoms with Crippen molar-refractivity contribution in [1.82, 2.24) is 0 Å². The van der Waals surface area contributed by atoms with Crippen LogP contribution in [-0.4, -0.2) is 31.5 Å². The quantitative estimate of drug-likeness (QED) is 0.825. The summed E-state index contributed by atoms with van der Waals surface area (Å²) in [6.45, 7) is 6.80. The topological polar surface area (TPSA) is 44.5 Å². The van der Waals surface area contributed by atoms with Gasteiger partial charge >= 0.3 is 0 Å². The molecule has 2 fully saturated rings. The number of nitrogens with two attached hydrogens (primary N) is 1. The fourth-order valence-corrected chi connectivity index (χ4v) is 3.45. The van der Waals surface area contributed by atoms with Gasteiger partial charge in [0.2, 0.25) is 0 Å². The molecule has 3 heteroatoms. The molecule has 17 heavy (non-hydrogen) atoms. The van der Waals surface area contributed by atoms with Crippen molar-refractivity contribution < 1.29 is 9.47 Å². The molecule has 0 amide bonds. The lowest BCUT2D eigenvalue weighted by Crippen LogP contribution is -2.50. The van der Waals surface area contributed by atoms with Gasteiger partial charge in [-0.3, -0.25) is 0 Å². The number of ether oxygens (including phenoxy) is 2. The van der Waals surface area contributed by atoms with E-state index < -0.39 is 0 Å². The summed E-state index contributed by atoms with van der Waals surface area (Å²) in [5, 5.41) is 0. The monoisotopic (exact) mass is 241 g/mol. The molecule has 2 aliphatic rings. The highest BCUT2D eigenvalue weighted by Gasteiger charge is 2.37. The van der Waals surface area contributed by atoms with Gasteiger partial charge in [0.05, 0.1) is 12.7 Å². The van der Waals surface area contributed by atoms with Crippen LogP contribution < -0.4 is 5.73 Å². The molecule has 1 heterocycles. The minimum atomic E-state index is -0.195. The van der Waals surface area contributed by atoms with Crippen LogP contribution in [0.3, 0.4) is 0 Å². The average molecular weight is 241 g/mol. The van der Waals surface area contributed by atoms with E-state index in [1.54, 1.807) is 0 Å². The maximum absolute atomic E-state index is 6.36. The summed E-state index contributed by atoms with van der Waals surface area (Å²) in [6, 6.07) is 0. The lowest BCUT2D eigenvalue weighted by atomic mass is 9.81. The van der Waals surface area contributed by atoms with Crippen LogP contribution in [0, 0.1) is 11.8 Å². The van der Waals surface area contributed by atoms with Crippen LogP contribution in [-0.2, 0) is 9.47 Å². The van der Waals surface area contributed by atoms with E-state index in [9.17, 15) is 0 Å². The first-order chi connectivity index (χ1) is 8.13. The van der Waals surface area contributed by atoms with E-state index in [2.05, 4.69) is 13.8 Å². The van der Waals surface area contributed by atoms with Crippen LogP contribution >= 0.6 is 0 Å². The van der Waals surface area contributed by atoms with E-state index in [0.717, 1.165) is 31.3 Å². The fourth-order valence-electron chi connectivity index (χ4n) is 3.45. The maximum atomic E-state index is 6.36. The van der Waals surface area contributed by atoms with E-state index in [1.807, 2.05) is 0 Å². The summed E-state index contributed by atoms with van der Waals surface area (Å²) in [5.41, 5.74) is 5.72. The van der Waals surface area contributed by atoms with Gasteiger partial charge in [-0.2, -0.15) is 0 Å². The fraction of sp³-hybridized carbons (Fsp3) is 1.00. The van der Waals surface area contributed by atoms with Crippen LogP contribution in [0.1, 0.15) is 46.0 Å². The third-order valence-corrected chi connectivity index (χ3v) is 4.21. The van der Waals surface area contributed by atoms with Gasteiger partial charge in [-0.25, -0.2) is 0 Å². The summed E-state index contributed by atoms with van der Waals surface area (Å²) in [6.07, 6.45) is 6.24. The van der Waals surface area contributed by atoms with Gasteiger partial charge in [0.1, 0.15) is 5.60 Å². The van der Waals surface area contributed by atoms with Crippen molar-refractivity contribution in [2.24, 2.45) is 17.6 Å². The standard InChI is InChI=1S/C14H27NO2/c1-11-6-12(2)8-13(7-11)17-14(9-15)4-3-5-16-10-14/h11-13H,3-10,15H2,1-2H3. The summed E-state index contributed by atoms with van der Waals surface area (Å²) >= 11 is 0. The largest absolute Gasteiger partial charge is 0.378 e. The molecule has 2 rings (SSSR count). The lowest BCUT2D eigenvalue weighted by Gasteiger charge is -2.42. The Morgan fingerprint density at radius 3 is 2.47 bits per heavy atom. The Balaban J connectivity index is 1.93. The predicted octanol–water partition coefficient (Wildman–Crippen LogP) is 2.34. The molecular weight excluding hydrogens is 214 g/mol. The zero-order valence-electron chi connectivity index (χ0n) is 11.3. The van der Waals surface area contributed by atoms with Crippen molar-refractivity contribution in [2.45, 2.75) is 57.7 Å². The molecule has 2 N–H and O–H groups in total. The average Bonchev–Trinajstić information content (AvgIpc) is 2.29. The second-order valence-corrected chi connectivity index (χ2v) is 6.20. The maximum Gasteiger partial charge on any atom is 0.104 e. The molecule has 0 spiro atoms. The molecule has 1 aliphatic heterocycles. The molecule has 1 saturated carbocycles. The van der Waals surface area contributed by atoms with Crippen molar-refractivity contribution in [3.05, 3.63) is 0 Å². The molecule has 3 nitrogen and oxygen atoms in total. The number of hydrogen-bond donors (Lipinski definition) is 1. The van der Waals surface area contributed by atoms with Gasteiger partial charge in [-0.1, -0.05) is 13.8 Å². The highest BCUT2D eigenvalue weighted by atomic mass is 16.6. The summed E-state index contributed by atoms with van der Waals surface area (Å²) in [7, 11) is 0. The Labute approximate surface area is 105 Å². The minimum Gasteiger partial charge on any atom is -0.378 e. The van der Waals surface area contributed by atoms with Crippen LogP contribution in [0.25, 0.3) is 0 Å². The lowest BCUT2D eigenvalue weighted by molar-refractivity contribution is -0.166. The van der Waals surface area contributed by atoms with Crippen molar-refractivity contribution in [3.63, 3.8) is 0 Å². The van der Waals surface area contributed by atoms with Crippen molar-refractivity contribution >= 4 is 0 Å². The molecule has 1 aliphatic carbocycles. The molecule has 100 valence electrons. The van der Waals surface area contributed by atoms with E-state index in [-0.39, 0.29) is 5.60 Å². The number of hydrogen-bond acceptors (Lipinski definition) is 3. The van der Waals surface area contributed by atoms with E-state index in [0.29, 0.717) is 19.3 Å². The van der Waals surface area contributed by atoms with Crippen LogP contribution in [0.2, 0.25) is 0 Å². The first-order valence-electron chi connectivity index (χ1n) is 7.09. The Morgan fingerprint density at radius 2 is 1.94 bits per heavy atom. The van der Waals surface area contributed by atoms with Crippen LogP contribution in [0.15, 0.2) is 0 Å². The normalized spacial score (nSPS) is 43.6. The predicted molar refractivity (Wildman–Crippen MR) is 68.9 cm³/mol. The van der Waals surface area contributed by atoms with E-state index in [4.69, 9.17) is 15.2 Å². The van der Waals surface area contributed by atoms with Crippen molar-refractivity contribution in [3.8, 4) is 0 Å². The Bertz CT molecular complexity index is 228. The minimum absolute atomic E-state index is 0.195. The van der Waals surface area contributed by atoms with Gasteiger partial charge in [0, 0.05) is 13.2 Å². The van der Waals surface area contributed by atoms with E-state index in [1.165, 1.54) is 19.3 Å². The second-order valence-electron chi connectivity index (χ2n) is 6.20. The third-order valence-electron chi connectivity index (χ3n) is 4.21. The van der Waals surface area contributed by atoms with Gasteiger partial charge in [-0.05, 0) is 43.9 Å². The summed E-state index contributed by atoms with van der Waals surface area (Å²) in [4.78, 5) is 0. The molecule has 3 unspecified atom stereocenters. The molecular formula is C14H27NO2. The van der Waals surface area contributed by atoms with E-state index >= 15 is 0 Å². The highest BCUT2D eigenvalue weighted by molar-refractivity contribution is 4.87. The van der Waals surface area contributed by atoms with Crippen LogP contribution in [0.5, 0.6) is 0 Å². The van der Waals surface area contributed by atoms with Crippen molar-refractivity contribution in [2.75, 3.05) is 19.8 Å². The smallest absolute Gasteiger partial charge is 0.104 e. The summed E-state index contributed by atoms with van der Waals surface area (Å²) in [5.74, 6) is 1.56. The first kappa shape index (κ1) is 13.3. The first-order valence-corrected chi connectivity index (χ1v) is 7.09. The van der Waals surface area contributed by atoms with Crippen molar-refractivity contribution in [1.29, 1.82) is 0 Å². The third kappa shape index (κ3) is 3.43. The van der Waals surface area contributed by atoms with Gasteiger partial charge in [0.25, 0.3) is 0 Å². The zero-order chi connectivity index (χ0) is 12.3. The molecule has 0 aromatic rings. The van der Waals surface area contributed by atoms with Crippen LogP contribution in [0.4, 0.5) is 0 Å². The molecule has 3 atom stereocenters. The van der Waals surface area contributed by atoms with Gasteiger partial charge in [0.15, 0.2) is 0 Å². The Kier molecular flexibility index (Phi) is 4.45. The molecule has 0 aromatic heterocycles. The highest BCUT2D eigenvalue weighted by Crippen LogP contribution is 2.34. The van der Waals surface area contributed by atoms with Gasteiger partial charge in [-0.15, -0.1) is 0 Å². The van der Waals surface area contributed by atoms with Gasteiger partial charge < -0.3 is 15.2 Å². The summed E-state index contributed by atoms with van der Waals surface area (Å²) < 4.78 is 11.9. The number of rotatable bonds is 3. The molecule has 0 radical (unpaired) electrons. The molecule has 0 aromatic carbocycles. The molecule has 0 bridgehead atoms.